The van der Waals surface area contributed by atoms with Crippen molar-refractivity contribution in [3.05, 3.63) is 47.2 Å². The Morgan fingerprint density at radius 3 is 2.95 bits per heavy atom. The second-order valence-electron chi connectivity index (χ2n) is 4.56. The van der Waals surface area contributed by atoms with Crippen LogP contribution in [0.5, 0.6) is 5.75 Å². The van der Waals surface area contributed by atoms with Gasteiger partial charge in [-0.05, 0) is 37.1 Å². The van der Waals surface area contributed by atoms with E-state index in [9.17, 15) is 0 Å². The van der Waals surface area contributed by atoms with Gasteiger partial charge in [-0.15, -0.1) is 0 Å². The van der Waals surface area contributed by atoms with Crippen molar-refractivity contribution in [2.45, 2.75) is 25.9 Å². The lowest BCUT2D eigenvalue weighted by Gasteiger charge is -2.10. The third-order valence-corrected chi connectivity index (χ3v) is 2.99. The van der Waals surface area contributed by atoms with Gasteiger partial charge >= 0.3 is 0 Å². The van der Waals surface area contributed by atoms with Crippen molar-refractivity contribution in [2.24, 2.45) is 5.73 Å². The molecule has 19 heavy (non-hydrogen) atoms. The summed E-state index contributed by atoms with van der Waals surface area (Å²) in [4.78, 5) is 0. The van der Waals surface area contributed by atoms with Crippen molar-refractivity contribution in [3.63, 3.8) is 0 Å². The van der Waals surface area contributed by atoms with E-state index in [4.69, 9.17) is 22.1 Å². The third-order valence-electron chi connectivity index (χ3n) is 2.69. The molecule has 5 heteroatoms. The molecule has 0 aliphatic carbocycles. The van der Waals surface area contributed by atoms with Crippen molar-refractivity contribution >= 4 is 11.6 Å². The lowest BCUT2D eigenvalue weighted by atomic mass is 10.1. The first-order valence-electron chi connectivity index (χ1n) is 6.29. The summed E-state index contributed by atoms with van der Waals surface area (Å²) in [5, 5.41) is 4.73. The molecular weight excluding hydrogens is 262 g/mol. The highest BCUT2D eigenvalue weighted by molar-refractivity contribution is 6.32. The molecule has 1 heterocycles. The predicted molar refractivity (Wildman–Crippen MR) is 76.5 cm³/mol. The fourth-order valence-corrected chi connectivity index (χ4v) is 2.10. The minimum absolute atomic E-state index is 0.127. The number of hydrogen-bond donors (Lipinski definition) is 1. The van der Waals surface area contributed by atoms with Crippen LogP contribution in [0.15, 0.2) is 36.7 Å². The van der Waals surface area contributed by atoms with Crippen molar-refractivity contribution in [3.8, 4) is 5.75 Å². The molecule has 0 aliphatic heterocycles. The van der Waals surface area contributed by atoms with Crippen molar-refractivity contribution in [2.75, 3.05) is 6.61 Å². The van der Waals surface area contributed by atoms with Crippen LogP contribution >= 0.6 is 11.6 Å². The van der Waals surface area contributed by atoms with Gasteiger partial charge in [-0.2, -0.15) is 5.10 Å². The highest BCUT2D eigenvalue weighted by Crippen LogP contribution is 2.25. The second kappa shape index (κ2) is 6.59. The summed E-state index contributed by atoms with van der Waals surface area (Å²) >= 11 is 6.19. The molecule has 102 valence electrons. The largest absolute Gasteiger partial charge is 0.490 e. The van der Waals surface area contributed by atoms with Crippen LogP contribution in [0.1, 0.15) is 12.5 Å². The van der Waals surface area contributed by atoms with Crippen LogP contribution in [0.2, 0.25) is 5.02 Å². The van der Waals surface area contributed by atoms with E-state index >= 15 is 0 Å². The van der Waals surface area contributed by atoms with Gasteiger partial charge in [0.15, 0.2) is 0 Å². The summed E-state index contributed by atoms with van der Waals surface area (Å²) in [7, 11) is 0. The molecule has 0 bridgehead atoms. The van der Waals surface area contributed by atoms with Gasteiger partial charge in [-0.3, -0.25) is 4.68 Å². The zero-order valence-corrected chi connectivity index (χ0v) is 11.7. The zero-order chi connectivity index (χ0) is 13.7. The van der Waals surface area contributed by atoms with Gasteiger partial charge in [0.1, 0.15) is 12.4 Å². The van der Waals surface area contributed by atoms with E-state index in [0.29, 0.717) is 23.9 Å². The first kappa shape index (κ1) is 13.9. The van der Waals surface area contributed by atoms with Crippen LogP contribution in [0.25, 0.3) is 0 Å². The molecule has 0 fully saturated rings. The molecule has 1 atom stereocenters. The number of aromatic nitrogens is 2. The molecule has 2 aromatic rings. The normalized spacial score (nSPS) is 12.4. The summed E-state index contributed by atoms with van der Waals surface area (Å²) in [6, 6.07) is 7.81. The van der Waals surface area contributed by atoms with Crippen LogP contribution in [0.4, 0.5) is 0 Å². The van der Waals surface area contributed by atoms with Crippen molar-refractivity contribution in [1.29, 1.82) is 0 Å². The van der Waals surface area contributed by atoms with Gasteiger partial charge in [0.2, 0.25) is 0 Å². The van der Waals surface area contributed by atoms with Crippen LogP contribution in [0.3, 0.4) is 0 Å². The van der Waals surface area contributed by atoms with E-state index in [-0.39, 0.29) is 6.04 Å². The Morgan fingerprint density at radius 1 is 1.47 bits per heavy atom. The molecule has 2 N–H and O–H groups in total. The SMILES string of the molecule is CC(N)Cc1ccc(OCCn2cccn2)c(Cl)c1. The van der Waals surface area contributed by atoms with Crippen LogP contribution in [-0.4, -0.2) is 22.4 Å². The van der Waals surface area contributed by atoms with Gasteiger partial charge in [-0.1, -0.05) is 17.7 Å². The number of benzene rings is 1. The standard InChI is InChI=1S/C14H18ClN3O/c1-11(16)9-12-3-4-14(13(15)10-12)19-8-7-18-6-2-5-17-18/h2-6,10-11H,7-9,16H2,1H3. The quantitative estimate of drug-likeness (QED) is 0.884. The molecule has 1 aromatic carbocycles. The first-order chi connectivity index (χ1) is 9.15. The predicted octanol–water partition coefficient (Wildman–Crippen LogP) is 2.51. The second-order valence-corrected chi connectivity index (χ2v) is 4.97. The van der Waals surface area contributed by atoms with E-state index in [1.54, 1.807) is 6.20 Å². The molecule has 0 amide bonds. The number of nitrogens with zero attached hydrogens (tertiary/aromatic N) is 2. The smallest absolute Gasteiger partial charge is 0.137 e. The van der Waals surface area contributed by atoms with Crippen LogP contribution in [0, 0.1) is 0 Å². The van der Waals surface area contributed by atoms with E-state index in [0.717, 1.165) is 12.0 Å². The summed E-state index contributed by atoms with van der Waals surface area (Å²) in [6.45, 7) is 3.21. The van der Waals surface area contributed by atoms with Gasteiger partial charge in [0.25, 0.3) is 0 Å². The highest BCUT2D eigenvalue weighted by Gasteiger charge is 2.05. The molecular formula is C14H18ClN3O. The van der Waals surface area contributed by atoms with E-state index in [2.05, 4.69) is 5.10 Å². The Hall–Kier alpha value is -1.52. The first-order valence-corrected chi connectivity index (χ1v) is 6.67. The Morgan fingerprint density at radius 2 is 2.32 bits per heavy atom. The van der Waals surface area contributed by atoms with E-state index < -0.39 is 0 Å². The van der Waals surface area contributed by atoms with Gasteiger partial charge in [-0.25, -0.2) is 0 Å². The molecule has 4 nitrogen and oxygen atoms in total. The zero-order valence-electron chi connectivity index (χ0n) is 10.9. The molecule has 0 saturated heterocycles. The number of nitrogens with two attached hydrogens (primary N) is 1. The highest BCUT2D eigenvalue weighted by atomic mass is 35.5. The minimum Gasteiger partial charge on any atom is -0.490 e. The topological polar surface area (TPSA) is 53.1 Å². The van der Waals surface area contributed by atoms with E-state index in [1.807, 2.05) is 42.1 Å². The Balaban J connectivity index is 1.90. The van der Waals surface area contributed by atoms with Crippen LogP contribution < -0.4 is 10.5 Å². The van der Waals surface area contributed by atoms with Crippen LogP contribution in [-0.2, 0) is 13.0 Å². The Bertz CT molecular complexity index is 511. The van der Waals surface area contributed by atoms with Gasteiger partial charge < -0.3 is 10.5 Å². The molecule has 0 saturated carbocycles. The maximum atomic E-state index is 6.19. The maximum absolute atomic E-state index is 6.19. The fraction of sp³-hybridized carbons (Fsp3) is 0.357. The Labute approximate surface area is 118 Å². The summed E-state index contributed by atoms with van der Waals surface area (Å²) in [5.74, 6) is 0.697. The third kappa shape index (κ3) is 4.26. The minimum atomic E-state index is 0.127. The summed E-state index contributed by atoms with van der Waals surface area (Å²) < 4.78 is 7.46. The maximum Gasteiger partial charge on any atom is 0.137 e. The molecule has 1 unspecified atom stereocenters. The molecule has 0 aliphatic rings. The molecule has 1 aromatic heterocycles. The number of halogens is 1. The average molecular weight is 280 g/mol. The molecule has 0 spiro atoms. The average Bonchev–Trinajstić information content (AvgIpc) is 2.84. The van der Waals surface area contributed by atoms with Crippen molar-refractivity contribution in [1.82, 2.24) is 9.78 Å². The fourth-order valence-electron chi connectivity index (χ4n) is 1.84. The van der Waals surface area contributed by atoms with Crippen molar-refractivity contribution < 1.29 is 4.74 Å². The monoisotopic (exact) mass is 279 g/mol. The Kier molecular flexibility index (Phi) is 4.82. The lowest BCUT2D eigenvalue weighted by molar-refractivity contribution is 0.291. The van der Waals surface area contributed by atoms with E-state index in [1.165, 1.54) is 0 Å². The summed E-state index contributed by atoms with van der Waals surface area (Å²) in [6.07, 6.45) is 4.46. The lowest BCUT2D eigenvalue weighted by Crippen LogP contribution is -2.17. The van der Waals surface area contributed by atoms with Gasteiger partial charge in [0.05, 0.1) is 11.6 Å². The number of ether oxygens (including phenoxy) is 1. The number of rotatable bonds is 6. The number of hydrogen-bond acceptors (Lipinski definition) is 3. The van der Waals surface area contributed by atoms with Gasteiger partial charge in [0, 0.05) is 18.4 Å². The molecule has 0 radical (unpaired) electrons. The summed E-state index contributed by atoms with van der Waals surface area (Å²) in [5.41, 5.74) is 6.89. The molecule has 2 rings (SSSR count).